The Morgan fingerprint density at radius 2 is 1.83 bits per heavy atom. The van der Waals surface area contributed by atoms with E-state index in [1.54, 1.807) is 12.3 Å². The Bertz CT molecular complexity index is 1140. The third-order valence-electron chi connectivity index (χ3n) is 5.44. The molecule has 0 spiro atoms. The number of benzene rings is 2. The van der Waals surface area contributed by atoms with Gasteiger partial charge in [0, 0.05) is 29.7 Å². The Balaban J connectivity index is 1.47. The number of imide groups is 1. The van der Waals surface area contributed by atoms with E-state index >= 15 is 0 Å². The molecule has 0 bridgehead atoms. The lowest BCUT2D eigenvalue weighted by Crippen LogP contribution is -2.52. The molecule has 2 aliphatic heterocycles. The van der Waals surface area contributed by atoms with Gasteiger partial charge in [-0.1, -0.05) is 41.6 Å². The predicted molar refractivity (Wildman–Crippen MR) is 103 cm³/mol. The van der Waals surface area contributed by atoms with Gasteiger partial charge >= 0.3 is 0 Å². The number of carbonyl (C=O) groups is 3. The maximum Gasteiger partial charge on any atom is 0.255 e. The summed E-state index contributed by atoms with van der Waals surface area (Å²) in [5.41, 5.74) is 4.08. The molecule has 2 aliphatic rings. The van der Waals surface area contributed by atoms with E-state index in [4.69, 9.17) is 4.52 Å². The number of nitrogens with one attached hydrogen (secondary N) is 1. The van der Waals surface area contributed by atoms with E-state index in [1.807, 2.05) is 42.5 Å². The van der Waals surface area contributed by atoms with Gasteiger partial charge < -0.3 is 9.42 Å². The molecule has 0 aliphatic carbocycles. The second kappa shape index (κ2) is 6.70. The maximum atomic E-state index is 12.8. The molecular weight excluding hydrogens is 370 g/mol. The number of hydrogen-bond donors (Lipinski definition) is 1. The molecule has 144 valence electrons. The van der Waals surface area contributed by atoms with Crippen molar-refractivity contribution < 1.29 is 18.9 Å². The first-order chi connectivity index (χ1) is 14.1. The zero-order valence-electron chi connectivity index (χ0n) is 15.4. The van der Waals surface area contributed by atoms with Crippen LogP contribution in [-0.2, 0) is 16.1 Å². The van der Waals surface area contributed by atoms with Crippen LogP contribution in [0.4, 0.5) is 0 Å². The molecule has 3 amide bonds. The standard InChI is InChI=1S/C22H17N3O4/c26-19-9-8-18(21(27)24-19)25-12-15-10-14(6-7-16(15)22(25)28)20-17(11-23-29-20)13-4-2-1-3-5-13/h1-7,10-11,18H,8-9,12H2,(H,24,26,27). The Morgan fingerprint density at radius 3 is 2.62 bits per heavy atom. The van der Waals surface area contributed by atoms with Crippen molar-refractivity contribution in [1.29, 1.82) is 0 Å². The molecule has 1 atom stereocenters. The van der Waals surface area contributed by atoms with E-state index < -0.39 is 11.9 Å². The van der Waals surface area contributed by atoms with Crippen LogP contribution in [0.1, 0.15) is 28.8 Å². The van der Waals surface area contributed by atoms with Crippen LogP contribution in [0.3, 0.4) is 0 Å². The van der Waals surface area contributed by atoms with E-state index in [9.17, 15) is 14.4 Å². The van der Waals surface area contributed by atoms with Crippen molar-refractivity contribution in [3.63, 3.8) is 0 Å². The number of aromatic nitrogens is 1. The molecule has 1 fully saturated rings. The minimum absolute atomic E-state index is 0.193. The number of hydrogen-bond acceptors (Lipinski definition) is 5. The van der Waals surface area contributed by atoms with Gasteiger partial charge in [0.2, 0.25) is 11.8 Å². The van der Waals surface area contributed by atoms with E-state index in [-0.39, 0.29) is 18.2 Å². The molecule has 3 aromatic rings. The SMILES string of the molecule is O=C1CCC(N2Cc3cc(-c4oncc4-c4ccccc4)ccc3C2=O)C(=O)N1. The summed E-state index contributed by atoms with van der Waals surface area (Å²) in [6.45, 7) is 0.323. The maximum absolute atomic E-state index is 12.8. The van der Waals surface area contributed by atoms with Crippen LogP contribution in [0, 0.1) is 0 Å². The summed E-state index contributed by atoms with van der Waals surface area (Å²) >= 11 is 0. The Morgan fingerprint density at radius 1 is 1.00 bits per heavy atom. The van der Waals surface area contributed by atoms with Crippen molar-refractivity contribution in [2.45, 2.75) is 25.4 Å². The zero-order chi connectivity index (χ0) is 20.0. The van der Waals surface area contributed by atoms with Gasteiger partial charge in [-0.05, 0) is 29.7 Å². The fourth-order valence-corrected chi connectivity index (χ4v) is 3.99. The highest BCUT2D eigenvalue weighted by Gasteiger charge is 2.39. The first-order valence-electron chi connectivity index (χ1n) is 9.40. The average Bonchev–Trinajstić information content (AvgIpc) is 3.34. The summed E-state index contributed by atoms with van der Waals surface area (Å²) in [6, 6.07) is 14.7. The Kier molecular flexibility index (Phi) is 4.01. The van der Waals surface area contributed by atoms with Crippen molar-refractivity contribution in [1.82, 2.24) is 15.4 Å². The second-order valence-electron chi connectivity index (χ2n) is 7.21. The summed E-state index contributed by atoms with van der Waals surface area (Å²) in [7, 11) is 0. The number of carbonyl (C=O) groups excluding carboxylic acids is 3. The van der Waals surface area contributed by atoms with Crippen LogP contribution in [0.2, 0.25) is 0 Å². The zero-order valence-corrected chi connectivity index (χ0v) is 15.4. The van der Waals surface area contributed by atoms with Crippen LogP contribution in [0.15, 0.2) is 59.3 Å². The molecule has 0 saturated carbocycles. The van der Waals surface area contributed by atoms with Gasteiger partial charge in [-0.25, -0.2) is 0 Å². The molecule has 1 saturated heterocycles. The van der Waals surface area contributed by atoms with Crippen LogP contribution in [0.25, 0.3) is 22.5 Å². The number of rotatable bonds is 3. The number of nitrogens with zero attached hydrogens (tertiary/aromatic N) is 2. The molecule has 29 heavy (non-hydrogen) atoms. The summed E-state index contributed by atoms with van der Waals surface area (Å²) in [4.78, 5) is 38.0. The molecule has 5 rings (SSSR count). The summed E-state index contributed by atoms with van der Waals surface area (Å²) in [5.74, 6) is -0.270. The third kappa shape index (κ3) is 2.91. The highest BCUT2D eigenvalue weighted by atomic mass is 16.5. The minimum atomic E-state index is -0.624. The van der Waals surface area contributed by atoms with Gasteiger partial charge in [0.1, 0.15) is 6.04 Å². The summed E-state index contributed by atoms with van der Waals surface area (Å²) in [5, 5.41) is 6.27. The molecule has 1 unspecified atom stereocenters. The smallest absolute Gasteiger partial charge is 0.255 e. The number of amides is 3. The first kappa shape index (κ1) is 17.4. The van der Waals surface area contributed by atoms with Crippen LogP contribution in [-0.4, -0.2) is 33.8 Å². The minimum Gasteiger partial charge on any atom is -0.356 e. The lowest BCUT2D eigenvalue weighted by molar-refractivity contribution is -0.136. The van der Waals surface area contributed by atoms with Gasteiger partial charge in [-0.3, -0.25) is 19.7 Å². The van der Waals surface area contributed by atoms with Crippen molar-refractivity contribution >= 4 is 17.7 Å². The van der Waals surface area contributed by atoms with E-state index in [2.05, 4.69) is 10.5 Å². The molecule has 1 aromatic heterocycles. The third-order valence-corrected chi connectivity index (χ3v) is 5.44. The molecule has 3 heterocycles. The van der Waals surface area contributed by atoms with Gasteiger partial charge in [-0.15, -0.1) is 0 Å². The highest BCUT2D eigenvalue weighted by Crippen LogP contribution is 2.35. The predicted octanol–water partition coefficient (Wildman–Crippen LogP) is 2.77. The molecule has 2 aromatic carbocycles. The van der Waals surface area contributed by atoms with E-state index in [0.717, 1.165) is 22.3 Å². The van der Waals surface area contributed by atoms with Crippen molar-refractivity contribution in [2.24, 2.45) is 0 Å². The van der Waals surface area contributed by atoms with Crippen molar-refractivity contribution in [3.05, 3.63) is 65.9 Å². The molecule has 0 radical (unpaired) electrons. The first-order valence-corrected chi connectivity index (χ1v) is 9.40. The van der Waals surface area contributed by atoms with Gasteiger partial charge in [-0.2, -0.15) is 0 Å². The topological polar surface area (TPSA) is 92.5 Å². The fraction of sp³-hybridized carbons (Fsp3) is 0.182. The molecule has 7 nitrogen and oxygen atoms in total. The number of piperidine rings is 1. The van der Waals surface area contributed by atoms with Gasteiger partial charge in [0.25, 0.3) is 5.91 Å². The highest BCUT2D eigenvalue weighted by molar-refractivity contribution is 6.05. The summed E-state index contributed by atoms with van der Waals surface area (Å²) in [6.07, 6.45) is 2.26. The van der Waals surface area contributed by atoms with E-state index in [1.165, 1.54) is 4.90 Å². The fourth-order valence-electron chi connectivity index (χ4n) is 3.99. The largest absolute Gasteiger partial charge is 0.356 e. The van der Waals surface area contributed by atoms with Crippen molar-refractivity contribution in [3.8, 4) is 22.5 Å². The van der Waals surface area contributed by atoms with Crippen LogP contribution < -0.4 is 5.32 Å². The lowest BCUT2D eigenvalue weighted by atomic mass is 9.99. The Labute approximate surface area is 166 Å². The van der Waals surface area contributed by atoms with Crippen LogP contribution >= 0.6 is 0 Å². The monoisotopic (exact) mass is 387 g/mol. The molecule has 7 heteroatoms. The van der Waals surface area contributed by atoms with Crippen molar-refractivity contribution in [2.75, 3.05) is 0 Å². The van der Waals surface area contributed by atoms with Gasteiger partial charge in [0.05, 0.1) is 6.20 Å². The van der Waals surface area contributed by atoms with Gasteiger partial charge in [0.15, 0.2) is 5.76 Å². The number of fused-ring (bicyclic) bond motifs is 1. The van der Waals surface area contributed by atoms with E-state index in [0.29, 0.717) is 24.3 Å². The Hall–Kier alpha value is -3.74. The quantitative estimate of drug-likeness (QED) is 0.698. The average molecular weight is 387 g/mol. The molecule has 1 N–H and O–H groups in total. The normalized spacial score (nSPS) is 18.7. The second-order valence-corrected chi connectivity index (χ2v) is 7.21. The lowest BCUT2D eigenvalue weighted by Gasteiger charge is -2.29. The molecular formula is C22H17N3O4. The summed E-state index contributed by atoms with van der Waals surface area (Å²) < 4.78 is 5.51. The van der Waals surface area contributed by atoms with Crippen LogP contribution in [0.5, 0.6) is 0 Å².